The van der Waals surface area contributed by atoms with Gasteiger partial charge in [0, 0.05) is 11.5 Å². The minimum absolute atomic E-state index is 0.104. The van der Waals surface area contributed by atoms with E-state index in [1.807, 2.05) is 18.2 Å². The number of nitrogens with zero attached hydrogens (tertiary/aromatic N) is 1. The van der Waals surface area contributed by atoms with E-state index >= 15 is 0 Å². The van der Waals surface area contributed by atoms with Gasteiger partial charge in [0.2, 0.25) is 0 Å². The Bertz CT molecular complexity index is 804. The van der Waals surface area contributed by atoms with Gasteiger partial charge in [-0.3, -0.25) is 4.79 Å². The van der Waals surface area contributed by atoms with Crippen molar-refractivity contribution >= 4 is 10.9 Å². The molecule has 4 aliphatic rings. The van der Waals surface area contributed by atoms with Gasteiger partial charge in [0.15, 0.2) is 0 Å². The van der Waals surface area contributed by atoms with Crippen molar-refractivity contribution in [2.75, 3.05) is 7.11 Å². The number of aromatic amines is 1. The summed E-state index contributed by atoms with van der Waals surface area (Å²) in [5.74, 6) is 4.23. The Kier molecular flexibility index (Phi) is 2.71. The number of rotatable bonds is 2. The molecular weight excluding hydrogens is 288 g/mol. The molecule has 23 heavy (non-hydrogen) atoms. The SMILES string of the molecule is COc1ccc2c(=O)nc(C34CC5CC(CC(C5)C3)C4)[nH]c2c1. The van der Waals surface area contributed by atoms with Crippen LogP contribution in [-0.4, -0.2) is 17.1 Å². The molecule has 4 nitrogen and oxygen atoms in total. The molecule has 0 unspecified atom stereocenters. The van der Waals surface area contributed by atoms with Crippen LogP contribution in [0.5, 0.6) is 5.75 Å². The molecule has 4 bridgehead atoms. The van der Waals surface area contributed by atoms with E-state index in [2.05, 4.69) is 9.97 Å². The molecule has 0 saturated heterocycles. The maximum absolute atomic E-state index is 12.5. The van der Waals surface area contributed by atoms with Crippen LogP contribution in [0, 0.1) is 17.8 Å². The Morgan fingerprint density at radius 3 is 2.39 bits per heavy atom. The molecule has 4 aliphatic carbocycles. The highest BCUT2D eigenvalue weighted by molar-refractivity contribution is 5.79. The summed E-state index contributed by atoms with van der Waals surface area (Å²) < 4.78 is 5.31. The molecule has 4 fully saturated rings. The van der Waals surface area contributed by atoms with Gasteiger partial charge in [-0.2, -0.15) is 4.98 Å². The van der Waals surface area contributed by atoms with Crippen LogP contribution in [0.1, 0.15) is 44.3 Å². The third-order valence-electron chi connectivity index (χ3n) is 6.46. The fourth-order valence-electron chi connectivity index (χ4n) is 5.91. The van der Waals surface area contributed by atoms with Crippen LogP contribution in [0.25, 0.3) is 10.9 Å². The highest BCUT2D eigenvalue weighted by Crippen LogP contribution is 2.60. The Labute approximate surface area is 135 Å². The van der Waals surface area contributed by atoms with Crippen LogP contribution in [0.2, 0.25) is 0 Å². The first-order valence-electron chi connectivity index (χ1n) is 8.74. The lowest BCUT2D eigenvalue weighted by Gasteiger charge is -2.56. The van der Waals surface area contributed by atoms with Crippen LogP contribution in [0.15, 0.2) is 23.0 Å². The molecule has 0 aliphatic heterocycles. The Morgan fingerprint density at radius 2 is 1.78 bits per heavy atom. The summed E-state index contributed by atoms with van der Waals surface area (Å²) in [6.07, 6.45) is 7.80. The van der Waals surface area contributed by atoms with E-state index in [1.54, 1.807) is 7.11 Å². The maximum atomic E-state index is 12.5. The first-order valence-corrected chi connectivity index (χ1v) is 8.74. The molecule has 1 aromatic heterocycles. The summed E-state index contributed by atoms with van der Waals surface area (Å²) in [6.45, 7) is 0. The number of fused-ring (bicyclic) bond motifs is 1. The molecule has 1 N–H and O–H groups in total. The van der Waals surface area contributed by atoms with Gasteiger partial charge in [-0.15, -0.1) is 0 Å². The Hall–Kier alpha value is -1.84. The standard InChI is InChI=1S/C19H22N2O2/c1-23-14-2-3-15-16(7-14)20-18(21-17(15)22)19-8-11-4-12(9-19)6-13(5-11)10-19/h2-3,7,11-13H,4-6,8-10H2,1H3,(H,20,21,22). The van der Waals surface area contributed by atoms with Crippen molar-refractivity contribution in [2.24, 2.45) is 17.8 Å². The second-order valence-electron chi connectivity index (χ2n) is 8.00. The van der Waals surface area contributed by atoms with Gasteiger partial charge in [0.1, 0.15) is 11.6 Å². The number of aromatic nitrogens is 2. The Balaban J connectivity index is 1.67. The summed E-state index contributed by atoms with van der Waals surface area (Å²) >= 11 is 0. The van der Waals surface area contributed by atoms with Crippen molar-refractivity contribution in [3.8, 4) is 5.75 Å². The van der Waals surface area contributed by atoms with E-state index in [9.17, 15) is 4.79 Å². The molecule has 2 aromatic rings. The minimum Gasteiger partial charge on any atom is -0.497 e. The normalized spacial score (nSPS) is 34.9. The van der Waals surface area contributed by atoms with Gasteiger partial charge in [-0.25, -0.2) is 0 Å². The maximum Gasteiger partial charge on any atom is 0.280 e. The van der Waals surface area contributed by atoms with Crippen molar-refractivity contribution in [3.05, 3.63) is 34.4 Å². The van der Waals surface area contributed by atoms with Gasteiger partial charge in [0.25, 0.3) is 5.56 Å². The lowest BCUT2D eigenvalue weighted by molar-refractivity contribution is -0.00933. The lowest BCUT2D eigenvalue weighted by atomic mass is 9.49. The van der Waals surface area contributed by atoms with Gasteiger partial charge < -0.3 is 9.72 Å². The van der Waals surface area contributed by atoms with Gasteiger partial charge in [-0.05, 0) is 68.4 Å². The molecule has 0 spiro atoms. The molecule has 0 atom stereocenters. The first-order chi connectivity index (χ1) is 11.1. The second-order valence-corrected chi connectivity index (χ2v) is 8.00. The first kappa shape index (κ1) is 13.6. The molecule has 0 radical (unpaired) electrons. The fourth-order valence-corrected chi connectivity index (χ4v) is 5.91. The molecule has 6 rings (SSSR count). The number of hydrogen-bond acceptors (Lipinski definition) is 3. The number of benzene rings is 1. The van der Waals surface area contributed by atoms with Crippen LogP contribution in [0.3, 0.4) is 0 Å². The zero-order valence-electron chi connectivity index (χ0n) is 13.5. The quantitative estimate of drug-likeness (QED) is 0.925. The molecular formula is C19H22N2O2. The van der Waals surface area contributed by atoms with E-state index in [0.29, 0.717) is 5.39 Å². The monoisotopic (exact) mass is 310 g/mol. The van der Waals surface area contributed by atoms with Crippen molar-refractivity contribution in [2.45, 2.75) is 43.9 Å². The number of H-pyrrole nitrogens is 1. The van der Waals surface area contributed by atoms with E-state index in [-0.39, 0.29) is 11.0 Å². The van der Waals surface area contributed by atoms with Crippen molar-refractivity contribution in [3.63, 3.8) is 0 Å². The number of ether oxygens (including phenoxy) is 1. The molecule has 120 valence electrons. The van der Waals surface area contributed by atoms with Crippen molar-refractivity contribution in [1.29, 1.82) is 0 Å². The van der Waals surface area contributed by atoms with Gasteiger partial charge in [0.05, 0.1) is 18.0 Å². The summed E-state index contributed by atoms with van der Waals surface area (Å²) in [7, 11) is 1.65. The molecule has 1 heterocycles. The number of methoxy groups -OCH3 is 1. The summed E-state index contributed by atoms with van der Waals surface area (Å²) in [5, 5.41) is 0.652. The molecule has 4 heteroatoms. The Morgan fingerprint density at radius 1 is 1.13 bits per heavy atom. The van der Waals surface area contributed by atoms with E-state index < -0.39 is 0 Å². The van der Waals surface area contributed by atoms with Crippen LogP contribution < -0.4 is 10.3 Å². The summed E-state index contributed by atoms with van der Waals surface area (Å²) in [5.41, 5.74) is 0.868. The zero-order chi connectivity index (χ0) is 15.6. The average Bonchev–Trinajstić information content (AvgIpc) is 2.53. The topological polar surface area (TPSA) is 55.0 Å². The van der Waals surface area contributed by atoms with E-state index in [0.717, 1.165) is 34.8 Å². The largest absolute Gasteiger partial charge is 0.497 e. The highest BCUT2D eigenvalue weighted by Gasteiger charge is 2.52. The molecule has 0 amide bonds. The second kappa shape index (κ2) is 4.59. The predicted octanol–water partition coefficient (Wildman–Crippen LogP) is 3.40. The number of nitrogens with one attached hydrogen (secondary N) is 1. The van der Waals surface area contributed by atoms with E-state index in [4.69, 9.17) is 4.74 Å². The third-order valence-corrected chi connectivity index (χ3v) is 6.46. The van der Waals surface area contributed by atoms with E-state index in [1.165, 1.54) is 38.5 Å². The molecule has 4 saturated carbocycles. The highest BCUT2D eigenvalue weighted by atomic mass is 16.5. The van der Waals surface area contributed by atoms with Crippen molar-refractivity contribution < 1.29 is 4.74 Å². The lowest BCUT2D eigenvalue weighted by Crippen LogP contribution is -2.49. The zero-order valence-corrected chi connectivity index (χ0v) is 13.5. The fraction of sp³-hybridized carbons (Fsp3) is 0.579. The number of hydrogen-bond donors (Lipinski definition) is 1. The molecule has 1 aromatic carbocycles. The summed E-state index contributed by atoms with van der Waals surface area (Å²) in [6, 6.07) is 5.55. The van der Waals surface area contributed by atoms with Crippen molar-refractivity contribution in [1.82, 2.24) is 9.97 Å². The van der Waals surface area contributed by atoms with Gasteiger partial charge >= 0.3 is 0 Å². The average molecular weight is 310 g/mol. The predicted molar refractivity (Wildman–Crippen MR) is 88.8 cm³/mol. The van der Waals surface area contributed by atoms with Gasteiger partial charge in [-0.1, -0.05) is 0 Å². The van der Waals surface area contributed by atoms with Crippen LogP contribution >= 0.6 is 0 Å². The van der Waals surface area contributed by atoms with Crippen LogP contribution in [-0.2, 0) is 5.41 Å². The third kappa shape index (κ3) is 1.97. The smallest absolute Gasteiger partial charge is 0.280 e. The minimum atomic E-state index is -0.104. The summed E-state index contributed by atoms with van der Waals surface area (Å²) in [4.78, 5) is 20.5. The van der Waals surface area contributed by atoms with Crippen LogP contribution in [0.4, 0.5) is 0 Å².